The Morgan fingerprint density at radius 3 is 2.69 bits per heavy atom. The molecule has 0 bridgehead atoms. The van der Waals surface area contributed by atoms with Gasteiger partial charge in [0.25, 0.3) is 0 Å². The molecule has 0 aliphatic carbocycles. The number of benzene rings is 1. The molecule has 0 aliphatic heterocycles. The molecule has 2 rings (SSSR count). The zero-order valence-electron chi connectivity index (χ0n) is 14.3. The molecule has 0 saturated heterocycles. The van der Waals surface area contributed by atoms with Gasteiger partial charge in [0.05, 0.1) is 0 Å². The summed E-state index contributed by atoms with van der Waals surface area (Å²) in [5, 5.41) is 11.8. The normalized spacial score (nSPS) is 11.7. The molecule has 1 aromatic heterocycles. The number of carbonyl (C=O) groups excluding carboxylic acids is 3. The minimum atomic E-state index is -0.917. The first-order chi connectivity index (χ1) is 12.3. The van der Waals surface area contributed by atoms with Gasteiger partial charge in [-0.05, 0) is 32.4 Å². The fraction of sp³-hybridized carbons (Fsp3) is 0.353. The second-order valence-electron chi connectivity index (χ2n) is 5.53. The van der Waals surface area contributed by atoms with E-state index in [-0.39, 0.29) is 24.5 Å². The Morgan fingerprint density at radius 2 is 2.04 bits per heavy atom. The molecule has 1 N–H and O–H groups in total. The van der Waals surface area contributed by atoms with Gasteiger partial charge in [0, 0.05) is 23.4 Å². The Labute approximate surface area is 159 Å². The Morgan fingerprint density at radius 1 is 1.27 bits per heavy atom. The van der Waals surface area contributed by atoms with E-state index in [2.05, 4.69) is 15.5 Å². The lowest BCUT2D eigenvalue weighted by Gasteiger charge is -2.12. The zero-order chi connectivity index (χ0) is 19.1. The van der Waals surface area contributed by atoms with Gasteiger partial charge in [0.2, 0.25) is 16.8 Å². The van der Waals surface area contributed by atoms with Crippen molar-refractivity contribution in [3.8, 4) is 0 Å². The number of aromatic nitrogens is 2. The first-order valence-corrected chi connectivity index (χ1v) is 9.14. The first kappa shape index (κ1) is 20.0. The summed E-state index contributed by atoms with van der Waals surface area (Å²) < 4.78 is 5.13. The van der Waals surface area contributed by atoms with Crippen LogP contribution in [0.2, 0.25) is 5.02 Å². The van der Waals surface area contributed by atoms with Crippen LogP contribution in [0, 0.1) is 6.92 Å². The monoisotopic (exact) mass is 395 g/mol. The summed E-state index contributed by atoms with van der Waals surface area (Å²) in [7, 11) is 0. The van der Waals surface area contributed by atoms with Crippen molar-refractivity contribution < 1.29 is 19.1 Å². The highest BCUT2D eigenvalue weighted by molar-refractivity contribution is 7.15. The predicted molar refractivity (Wildman–Crippen MR) is 98.5 cm³/mol. The number of halogens is 1. The van der Waals surface area contributed by atoms with E-state index in [0.717, 1.165) is 5.01 Å². The summed E-state index contributed by atoms with van der Waals surface area (Å²) in [6.07, 6.45) is -0.431. The van der Waals surface area contributed by atoms with Crippen LogP contribution in [0.3, 0.4) is 0 Å². The Balaban J connectivity index is 1.72. The number of hydrogen-bond acceptors (Lipinski definition) is 7. The van der Waals surface area contributed by atoms with Gasteiger partial charge in [0.15, 0.2) is 6.10 Å². The van der Waals surface area contributed by atoms with Crippen molar-refractivity contribution >= 4 is 45.7 Å². The number of esters is 1. The third kappa shape index (κ3) is 6.20. The van der Waals surface area contributed by atoms with Gasteiger partial charge in [-0.1, -0.05) is 35.1 Å². The zero-order valence-corrected chi connectivity index (χ0v) is 15.9. The maximum atomic E-state index is 12.2. The molecule has 1 atom stereocenters. The van der Waals surface area contributed by atoms with E-state index in [1.165, 1.54) is 24.3 Å². The fourth-order valence-electron chi connectivity index (χ4n) is 2.11. The van der Waals surface area contributed by atoms with Crippen LogP contribution in [-0.4, -0.2) is 34.0 Å². The largest absolute Gasteiger partial charge is 0.454 e. The highest BCUT2D eigenvalue weighted by atomic mass is 35.5. The van der Waals surface area contributed by atoms with Crippen molar-refractivity contribution in [2.75, 3.05) is 5.32 Å². The lowest BCUT2D eigenvalue weighted by atomic mass is 10.1. The van der Waals surface area contributed by atoms with Gasteiger partial charge in [-0.25, -0.2) is 0 Å². The molecule has 26 heavy (non-hydrogen) atoms. The number of anilines is 1. The molecular formula is C17H18ClN3O4S. The maximum absolute atomic E-state index is 12.2. The van der Waals surface area contributed by atoms with Crippen molar-refractivity contribution in [1.29, 1.82) is 0 Å². The van der Waals surface area contributed by atoms with E-state index in [1.807, 2.05) is 0 Å². The summed E-state index contributed by atoms with van der Waals surface area (Å²) in [4.78, 5) is 35.8. The Kier molecular flexibility index (Phi) is 7.23. The summed E-state index contributed by atoms with van der Waals surface area (Å²) in [6.45, 7) is 3.29. The van der Waals surface area contributed by atoms with Crippen molar-refractivity contribution in [1.82, 2.24) is 10.2 Å². The number of rotatable bonds is 8. The van der Waals surface area contributed by atoms with E-state index in [1.54, 1.807) is 25.1 Å². The van der Waals surface area contributed by atoms with E-state index in [0.29, 0.717) is 22.1 Å². The number of carbonyl (C=O) groups is 3. The topological polar surface area (TPSA) is 98.2 Å². The maximum Gasteiger partial charge on any atom is 0.306 e. The van der Waals surface area contributed by atoms with E-state index in [9.17, 15) is 14.4 Å². The number of ketones is 1. The van der Waals surface area contributed by atoms with Crippen LogP contribution in [0.15, 0.2) is 24.3 Å². The number of nitrogens with one attached hydrogen (secondary N) is 1. The highest BCUT2D eigenvalue weighted by Crippen LogP contribution is 2.15. The minimum absolute atomic E-state index is 0.0374. The third-order valence-electron chi connectivity index (χ3n) is 3.34. The fourth-order valence-corrected chi connectivity index (χ4v) is 2.91. The van der Waals surface area contributed by atoms with Crippen LogP contribution < -0.4 is 5.32 Å². The molecule has 0 aliphatic rings. The van der Waals surface area contributed by atoms with Gasteiger partial charge in [-0.2, -0.15) is 0 Å². The molecule has 0 radical (unpaired) electrons. The van der Waals surface area contributed by atoms with Gasteiger partial charge in [-0.15, -0.1) is 10.2 Å². The third-order valence-corrected chi connectivity index (χ3v) is 4.33. The molecule has 9 heteroatoms. The van der Waals surface area contributed by atoms with Crippen LogP contribution in [0.4, 0.5) is 5.13 Å². The highest BCUT2D eigenvalue weighted by Gasteiger charge is 2.19. The molecule has 2 aromatic rings. The van der Waals surface area contributed by atoms with Gasteiger partial charge in [-0.3, -0.25) is 14.4 Å². The number of nitrogens with zero attached hydrogens (tertiary/aromatic N) is 2. The summed E-state index contributed by atoms with van der Waals surface area (Å²) in [5.74, 6) is -1.12. The van der Waals surface area contributed by atoms with Crippen molar-refractivity contribution in [2.24, 2.45) is 0 Å². The molecule has 1 heterocycles. The van der Waals surface area contributed by atoms with E-state index < -0.39 is 12.1 Å². The van der Waals surface area contributed by atoms with Gasteiger partial charge in [0.1, 0.15) is 5.01 Å². The van der Waals surface area contributed by atoms with Crippen LogP contribution in [0.25, 0.3) is 0 Å². The molecule has 138 valence electrons. The molecule has 1 amide bonds. The Hall–Kier alpha value is -2.32. The summed E-state index contributed by atoms with van der Waals surface area (Å²) >= 11 is 7.13. The molecule has 1 aromatic carbocycles. The van der Waals surface area contributed by atoms with Crippen molar-refractivity contribution in [3.05, 3.63) is 39.9 Å². The van der Waals surface area contributed by atoms with E-state index >= 15 is 0 Å². The van der Waals surface area contributed by atoms with Crippen LogP contribution in [0.1, 0.15) is 41.6 Å². The number of Topliss-reactive ketones (excluding diaryl/α,β-unsaturated/α-hetero) is 1. The number of aryl methyl sites for hydroxylation is 1. The second kappa shape index (κ2) is 9.40. The molecule has 7 nitrogen and oxygen atoms in total. The average molecular weight is 396 g/mol. The van der Waals surface area contributed by atoms with Gasteiger partial charge < -0.3 is 10.1 Å². The minimum Gasteiger partial charge on any atom is -0.454 e. The summed E-state index contributed by atoms with van der Waals surface area (Å²) in [6, 6.07) is 6.44. The average Bonchev–Trinajstić information content (AvgIpc) is 2.98. The molecule has 0 saturated carbocycles. The van der Waals surface area contributed by atoms with Crippen LogP contribution >= 0.6 is 22.9 Å². The lowest BCUT2D eigenvalue weighted by Crippen LogP contribution is -2.24. The van der Waals surface area contributed by atoms with Crippen LogP contribution in [0.5, 0.6) is 0 Å². The molecule has 0 fully saturated rings. The van der Waals surface area contributed by atoms with E-state index in [4.69, 9.17) is 16.3 Å². The Bertz CT molecular complexity index is 809. The van der Waals surface area contributed by atoms with Crippen LogP contribution in [-0.2, 0) is 14.3 Å². The first-order valence-electron chi connectivity index (χ1n) is 7.94. The molecule has 0 unspecified atom stereocenters. The predicted octanol–water partition coefficient (Wildman–Crippen LogP) is 3.42. The standard InChI is InChI=1S/C17H18ClN3O4S/c1-10(16(24)12-5-3-6-13(18)9-12)25-15(23)8-4-7-14(22)19-17-21-20-11(2)26-17/h3,5-6,9-10H,4,7-8H2,1-2H3,(H,19,21,22)/t10-/m0/s1. The van der Waals surface area contributed by atoms with Crippen molar-refractivity contribution in [2.45, 2.75) is 39.2 Å². The smallest absolute Gasteiger partial charge is 0.306 e. The molecule has 0 spiro atoms. The quantitative estimate of drug-likeness (QED) is 0.543. The van der Waals surface area contributed by atoms with Gasteiger partial charge >= 0.3 is 5.97 Å². The SMILES string of the molecule is Cc1nnc(NC(=O)CCCC(=O)O[C@@H](C)C(=O)c2cccc(Cl)c2)s1. The second-order valence-corrected chi connectivity index (χ2v) is 7.15. The number of ether oxygens (including phenoxy) is 1. The molecular weight excluding hydrogens is 378 g/mol. The summed E-state index contributed by atoms with van der Waals surface area (Å²) in [5.41, 5.74) is 0.379. The lowest BCUT2D eigenvalue weighted by molar-refractivity contribution is -0.146. The van der Waals surface area contributed by atoms with Crippen molar-refractivity contribution in [3.63, 3.8) is 0 Å². The number of hydrogen-bond donors (Lipinski definition) is 1. The number of amides is 1.